The maximum absolute atomic E-state index is 12.8. The number of carbonyl (C=O) groups is 1. The Labute approximate surface area is 202 Å². The third-order valence-electron chi connectivity index (χ3n) is 5.46. The maximum atomic E-state index is 12.8. The van der Waals surface area contributed by atoms with Crippen molar-refractivity contribution < 1.29 is 9.53 Å². The minimum Gasteiger partial charge on any atom is -0.497 e. The Bertz CT molecular complexity index is 1470. The number of amides is 1. The first-order valence-electron chi connectivity index (χ1n) is 11.1. The molecular weight excluding hydrogens is 438 g/mol. The summed E-state index contributed by atoms with van der Waals surface area (Å²) in [6.45, 7) is 0. The number of aromatic nitrogens is 2. The van der Waals surface area contributed by atoms with Crippen molar-refractivity contribution in [1.82, 2.24) is 9.97 Å². The number of hydrogen-bond acceptors (Lipinski definition) is 6. The highest BCUT2D eigenvalue weighted by Gasteiger charge is 2.08. The number of fused-ring (bicyclic) bond motifs is 1. The van der Waals surface area contributed by atoms with E-state index in [9.17, 15) is 4.79 Å². The average Bonchev–Trinajstić information content (AvgIpc) is 2.90. The number of hydrogen-bond donors (Lipinski definition) is 3. The van der Waals surface area contributed by atoms with Gasteiger partial charge >= 0.3 is 0 Å². The molecule has 5 aromatic rings. The van der Waals surface area contributed by atoms with E-state index >= 15 is 0 Å². The second kappa shape index (κ2) is 9.93. The molecule has 0 saturated carbocycles. The van der Waals surface area contributed by atoms with E-state index in [0.717, 1.165) is 39.4 Å². The number of anilines is 5. The van der Waals surface area contributed by atoms with Crippen LogP contribution in [0.1, 0.15) is 10.4 Å². The van der Waals surface area contributed by atoms with Gasteiger partial charge in [0, 0.05) is 58.0 Å². The molecule has 0 fully saturated rings. The fraction of sp³-hybridized carbons (Fsp3) is 0.0357. The molecule has 1 amide bonds. The van der Waals surface area contributed by atoms with Crippen LogP contribution in [0.15, 0.2) is 104 Å². The quantitative estimate of drug-likeness (QED) is 0.261. The van der Waals surface area contributed by atoms with Crippen LogP contribution >= 0.6 is 0 Å². The van der Waals surface area contributed by atoms with Crippen molar-refractivity contribution in [2.24, 2.45) is 0 Å². The summed E-state index contributed by atoms with van der Waals surface area (Å²) in [4.78, 5) is 21.2. The zero-order valence-electron chi connectivity index (χ0n) is 19.0. The summed E-state index contributed by atoms with van der Waals surface area (Å²) in [7, 11) is 1.64. The van der Waals surface area contributed by atoms with Crippen molar-refractivity contribution in [3.63, 3.8) is 0 Å². The van der Waals surface area contributed by atoms with Gasteiger partial charge in [0.2, 0.25) is 0 Å². The Morgan fingerprint density at radius 1 is 0.743 bits per heavy atom. The fourth-order valence-corrected chi connectivity index (χ4v) is 3.70. The van der Waals surface area contributed by atoms with E-state index in [1.807, 2.05) is 72.8 Å². The summed E-state index contributed by atoms with van der Waals surface area (Å²) in [6, 6.07) is 26.3. The second-order valence-electron chi connectivity index (χ2n) is 7.84. The first-order valence-corrected chi connectivity index (χ1v) is 11.1. The van der Waals surface area contributed by atoms with Crippen LogP contribution in [0.3, 0.4) is 0 Å². The maximum Gasteiger partial charge on any atom is 0.255 e. The summed E-state index contributed by atoms with van der Waals surface area (Å²) in [5, 5.41) is 10.6. The van der Waals surface area contributed by atoms with Crippen LogP contribution in [-0.4, -0.2) is 23.0 Å². The molecular formula is C28H23N5O2. The van der Waals surface area contributed by atoms with Crippen LogP contribution in [0.2, 0.25) is 0 Å². The Morgan fingerprint density at radius 3 is 2.31 bits per heavy atom. The minimum absolute atomic E-state index is 0.184. The molecule has 0 bridgehead atoms. The molecule has 0 aliphatic carbocycles. The predicted octanol–water partition coefficient (Wildman–Crippen LogP) is 6.38. The lowest BCUT2D eigenvalue weighted by Crippen LogP contribution is -2.11. The van der Waals surface area contributed by atoms with Gasteiger partial charge in [0.05, 0.1) is 12.6 Å². The lowest BCUT2D eigenvalue weighted by Gasteiger charge is -2.12. The number of carbonyl (C=O) groups excluding carboxylic acids is 1. The topological polar surface area (TPSA) is 88.2 Å². The van der Waals surface area contributed by atoms with Crippen molar-refractivity contribution in [2.75, 3.05) is 23.1 Å². The highest BCUT2D eigenvalue weighted by Crippen LogP contribution is 2.28. The number of nitrogens with zero attached hydrogens (tertiary/aromatic N) is 2. The summed E-state index contributed by atoms with van der Waals surface area (Å²) in [6.07, 6.45) is 5.21. The molecule has 5 rings (SSSR count). The number of nitrogens with one attached hydrogen (secondary N) is 3. The van der Waals surface area contributed by atoms with Crippen molar-refractivity contribution >= 4 is 45.2 Å². The van der Waals surface area contributed by atoms with Gasteiger partial charge in [-0.15, -0.1) is 0 Å². The third kappa shape index (κ3) is 5.20. The van der Waals surface area contributed by atoms with E-state index in [0.29, 0.717) is 11.3 Å². The molecule has 0 saturated heterocycles. The number of benzene rings is 3. The van der Waals surface area contributed by atoms with Crippen LogP contribution in [0, 0.1) is 0 Å². The Morgan fingerprint density at radius 2 is 1.51 bits per heavy atom. The zero-order chi connectivity index (χ0) is 24.0. The van der Waals surface area contributed by atoms with Crippen molar-refractivity contribution in [2.45, 2.75) is 0 Å². The highest BCUT2D eigenvalue weighted by atomic mass is 16.5. The molecule has 7 nitrogen and oxygen atoms in total. The van der Waals surface area contributed by atoms with E-state index in [1.165, 1.54) is 0 Å². The lowest BCUT2D eigenvalue weighted by atomic mass is 10.1. The van der Waals surface area contributed by atoms with Crippen LogP contribution < -0.4 is 20.7 Å². The minimum atomic E-state index is -0.184. The largest absolute Gasteiger partial charge is 0.497 e. The Hall–Kier alpha value is -4.91. The van der Waals surface area contributed by atoms with Crippen molar-refractivity contribution in [3.8, 4) is 5.75 Å². The SMILES string of the molecule is COc1ccc2nccc(Nc3ccc(C(=O)Nc4cccc(Nc5ccncc5)c4)cc3)c2c1. The first-order chi connectivity index (χ1) is 17.2. The monoisotopic (exact) mass is 461 g/mol. The molecule has 0 aliphatic rings. The van der Waals surface area contributed by atoms with E-state index < -0.39 is 0 Å². The average molecular weight is 462 g/mol. The summed E-state index contributed by atoms with van der Waals surface area (Å²) < 4.78 is 5.35. The van der Waals surface area contributed by atoms with E-state index in [2.05, 4.69) is 25.9 Å². The van der Waals surface area contributed by atoms with Gasteiger partial charge in [0.25, 0.3) is 5.91 Å². The van der Waals surface area contributed by atoms with Gasteiger partial charge in [-0.3, -0.25) is 14.8 Å². The smallest absolute Gasteiger partial charge is 0.255 e. The van der Waals surface area contributed by atoms with Crippen LogP contribution in [0.5, 0.6) is 5.75 Å². The van der Waals surface area contributed by atoms with Gasteiger partial charge in [-0.2, -0.15) is 0 Å². The Kier molecular flexibility index (Phi) is 6.21. The predicted molar refractivity (Wildman–Crippen MR) is 140 cm³/mol. The molecule has 0 spiro atoms. The van der Waals surface area contributed by atoms with Gasteiger partial charge in [-0.25, -0.2) is 0 Å². The summed E-state index contributed by atoms with van der Waals surface area (Å²) in [5.74, 6) is 0.581. The van der Waals surface area contributed by atoms with Gasteiger partial charge in [-0.05, 0) is 78.9 Å². The molecule has 7 heteroatoms. The number of rotatable bonds is 7. The van der Waals surface area contributed by atoms with E-state index in [1.54, 1.807) is 37.8 Å². The number of pyridine rings is 2. The molecule has 2 aromatic heterocycles. The second-order valence-corrected chi connectivity index (χ2v) is 7.84. The summed E-state index contributed by atoms with van der Waals surface area (Å²) >= 11 is 0. The summed E-state index contributed by atoms with van der Waals surface area (Å²) in [5.41, 5.74) is 5.69. The molecule has 0 atom stereocenters. The lowest BCUT2D eigenvalue weighted by molar-refractivity contribution is 0.102. The third-order valence-corrected chi connectivity index (χ3v) is 5.46. The van der Waals surface area contributed by atoms with Gasteiger partial charge in [0.1, 0.15) is 5.75 Å². The van der Waals surface area contributed by atoms with Crippen LogP contribution in [-0.2, 0) is 0 Å². The first kappa shape index (κ1) is 21.9. The van der Waals surface area contributed by atoms with Crippen LogP contribution in [0.25, 0.3) is 10.9 Å². The number of ether oxygens (including phenoxy) is 1. The molecule has 0 unspecified atom stereocenters. The van der Waals surface area contributed by atoms with Crippen molar-refractivity contribution in [3.05, 3.63) is 109 Å². The molecule has 0 aliphatic heterocycles. The molecule has 0 radical (unpaired) electrons. The molecule has 35 heavy (non-hydrogen) atoms. The highest BCUT2D eigenvalue weighted by molar-refractivity contribution is 6.04. The Balaban J connectivity index is 1.28. The molecule has 2 heterocycles. The van der Waals surface area contributed by atoms with E-state index in [4.69, 9.17) is 4.74 Å². The van der Waals surface area contributed by atoms with Crippen molar-refractivity contribution in [1.29, 1.82) is 0 Å². The standard InChI is InChI=1S/C28H23N5O2/c1-35-24-9-10-26-25(18-24)27(13-16-30-26)32-20-7-5-19(6-8-20)28(34)33-23-4-2-3-22(17-23)31-21-11-14-29-15-12-21/h2-18H,1H3,(H,29,31)(H,30,32)(H,33,34). The molecule has 172 valence electrons. The molecule has 3 aromatic carbocycles. The van der Waals surface area contributed by atoms with E-state index in [-0.39, 0.29) is 5.91 Å². The van der Waals surface area contributed by atoms with Gasteiger partial charge in [-0.1, -0.05) is 6.07 Å². The van der Waals surface area contributed by atoms with Gasteiger partial charge < -0.3 is 20.7 Å². The number of methoxy groups -OCH3 is 1. The van der Waals surface area contributed by atoms with Gasteiger partial charge in [0.15, 0.2) is 0 Å². The normalized spacial score (nSPS) is 10.5. The fourth-order valence-electron chi connectivity index (χ4n) is 3.70. The molecule has 3 N–H and O–H groups in total. The van der Waals surface area contributed by atoms with Crippen LogP contribution in [0.4, 0.5) is 28.4 Å². The zero-order valence-corrected chi connectivity index (χ0v) is 19.0.